The lowest BCUT2D eigenvalue weighted by molar-refractivity contribution is -0.895. The number of para-hydroxylation sites is 1. The lowest BCUT2D eigenvalue weighted by atomic mass is 10.1. The maximum atomic E-state index is 12.6. The van der Waals surface area contributed by atoms with Crippen molar-refractivity contribution in [2.75, 3.05) is 38.0 Å². The topological polar surface area (TPSA) is 70.9 Å². The molecule has 0 bridgehead atoms. The zero-order chi connectivity index (χ0) is 21.6. The van der Waals surface area contributed by atoms with E-state index in [0.717, 1.165) is 33.7 Å². The third-order valence-corrected chi connectivity index (χ3v) is 7.00. The first-order valence-electron chi connectivity index (χ1n) is 10.3. The number of hydrogen-bond donors (Lipinski definition) is 2. The van der Waals surface area contributed by atoms with Gasteiger partial charge >= 0.3 is 0 Å². The number of nitrogens with one attached hydrogen (secondary N) is 2. The molecule has 2 aromatic carbocycles. The van der Waals surface area contributed by atoms with E-state index in [2.05, 4.69) is 12.2 Å². The number of carbonyl (C=O) groups excluding carboxylic acids is 1. The summed E-state index contributed by atoms with van der Waals surface area (Å²) >= 11 is 0. The Labute approximate surface area is 179 Å². The van der Waals surface area contributed by atoms with Gasteiger partial charge in [-0.05, 0) is 36.1 Å². The van der Waals surface area contributed by atoms with E-state index in [-0.39, 0.29) is 5.91 Å². The van der Waals surface area contributed by atoms with Crippen molar-refractivity contribution in [3.8, 4) is 0 Å². The van der Waals surface area contributed by atoms with Crippen LogP contribution in [0.25, 0.3) is 6.08 Å². The summed E-state index contributed by atoms with van der Waals surface area (Å²) in [4.78, 5) is 13.7. The fraction of sp³-hybridized carbons (Fsp3) is 0.348. The quantitative estimate of drug-likeness (QED) is 0.705. The smallest absolute Gasteiger partial charge is 0.279 e. The van der Waals surface area contributed by atoms with Crippen LogP contribution >= 0.6 is 0 Å². The highest BCUT2D eigenvalue weighted by Crippen LogP contribution is 2.20. The van der Waals surface area contributed by atoms with E-state index in [9.17, 15) is 13.2 Å². The molecule has 3 rings (SSSR count). The molecular formula is C23H30N3O3S+. The van der Waals surface area contributed by atoms with Crippen molar-refractivity contribution < 1.29 is 18.1 Å². The monoisotopic (exact) mass is 428 g/mol. The summed E-state index contributed by atoms with van der Waals surface area (Å²) in [6.45, 7) is 6.45. The second-order valence-corrected chi connectivity index (χ2v) is 9.41. The second-order valence-electron chi connectivity index (χ2n) is 7.59. The Bertz CT molecular complexity index is 996. The summed E-state index contributed by atoms with van der Waals surface area (Å²) < 4.78 is 26.7. The fourth-order valence-corrected chi connectivity index (χ4v) is 4.85. The Morgan fingerprint density at radius 2 is 1.80 bits per heavy atom. The van der Waals surface area contributed by atoms with Crippen LogP contribution in [0.3, 0.4) is 0 Å². The molecule has 0 radical (unpaired) electrons. The standard InChI is InChI=1S/C23H29N3O3S/c1-3-21-11-7-8-19(2)23(21)24-22(27)18-25-13-15-26(16-14-25)30(28,29)17-12-20-9-5-4-6-10-20/h4-12,17H,3,13-16,18H2,1-2H3,(H,24,27)/p+1/b17-12+. The van der Waals surface area contributed by atoms with Gasteiger partial charge in [-0.2, -0.15) is 4.31 Å². The Balaban J connectivity index is 1.53. The number of aryl methyl sites for hydroxylation is 2. The molecule has 0 unspecified atom stereocenters. The van der Waals surface area contributed by atoms with E-state index in [4.69, 9.17) is 0 Å². The molecule has 7 heteroatoms. The van der Waals surface area contributed by atoms with Crippen LogP contribution in [0.2, 0.25) is 0 Å². The average Bonchev–Trinajstić information content (AvgIpc) is 2.75. The molecule has 1 heterocycles. The average molecular weight is 429 g/mol. The molecule has 0 atom stereocenters. The molecule has 0 aliphatic carbocycles. The lowest BCUT2D eigenvalue weighted by Gasteiger charge is -2.30. The highest BCUT2D eigenvalue weighted by molar-refractivity contribution is 7.92. The zero-order valence-corrected chi connectivity index (χ0v) is 18.4. The SMILES string of the molecule is CCc1cccc(C)c1NC(=O)C[NH+]1CCN(S(=O)(=O)/C=C/c2ccccc2)CC1. The van der Waals surface area contributed by atoms with Crippen LogP contribution in [-0.2, 0) is 21.2 Å². The molecule has 6 nitrogen and oxygen atoms in total. The van der Waals surface area contributed by atoms with Gasteiger partial charge in [-0.3, -0.25) is 4.79 Å². The zero-order valence-electron chi connectivity index (χ0n) is 17.6. The Kier molecular flexibility index (Phi) is 7.42. The largest absolute Gasteiger partial charge is 0.325 e. The third-order valence-electron chi connectivity index (χ3n) is 5.44. The lowest BCUT2D eigenvalue weighted by Crippen LogP contribution is -3.15. The molecule has 1 saturated heterocycles. The number of anilines is 1. The van der Waals surface area contributed by atoms with Crippen LogP contribution in [-0.4, -0.2) is 51.4 Å². The summed E-state index contributed by atoms with van der Waals surface area (Å²) in [5.74, 6) is -0.0331. The molecule has 30 heavy (non-hydrogen) atoms. The summed E-state index contributed by atoms with van der Waals surface area (Å²) in [7, 11) is -3.46. The van der Waals surface area contributed by atoms with Crippen LogP contribution in [0, 0.1) is 6.92 Å². The molecule has 1 aliphatic heterocycles. The number of benzene rings is 2. The van der Waals surface area contributed by atoms with E-state index in [1.165, 1.54) is 9.71 Å². The Morgan fingerprint density at radius 1 is 1.10 bits per heavy atom. The molecule has 2 N–H and O–H groups in total. The van der Waals surface area contributed by atoms with E-state index >= 15 is 0 Å². The van der Waals surface area contributed by atoms with Crippen LogP contribution in [0.1, 0.15) is 23.6 Å². The summed E-state index contributed by atoms with van der Waals surface area (Å²) in [6, 6.07) is 15.4. The number of sulfonamides is 1. The highest BCUT2D eigenvalue weighted by atomic mass is 32.2. The normalized spacial score (nSPS) is 16.1. The molecule has 1 amide bonds. The van der Waals surface area contributed by atoms with Gasteiger partial charge in [0.15, 0.2) is 6.54 Å². The highest BCUT2D eigenvalue weighted by Gasteiger charge is 2.28. The number of carbonyl (C=O) groups is 1. The van der Waals surface area contributed by atoms with Crippen LogP contribution in [0.15, 0.2) is 53.9 Å². The van der Waals surface area contributed by atoms with Gasteiger partial charge in [0.2, 0.25) is 10.0 Å². The van der Waals surface area contributed by atoms with Crippen molar-refractivity contribution >= 4 is 27.7 Å². The third kappa shape index (κ3) is 5.78. The predicted molar refractivity (Wildman–Crippen MR) is 121 cm³/mol. The van der Waals surface area contributed by atoms with Gasteiger partial charge < -0.3 is 10.2 Å². The number of amides is 1. The molecular weight excluding hydrogens is 398 g/mol. The van der Waals surface area contributed by atoms with Crippen LogP contribution in [0.4, 0.5) is 5.69 Å². The van der Waals surface area contributed by atoms with Gasteiger partial charge in [-0.25, -0.2) is 8.42 Å². The van der Waals surface area contributed by atoms with Gasteiger partial charge in [0.05, 0.1) is 26.2 Å². The van der Waals surface area contributed by atoms with E-state index in [1.807, 2.05) is 55.5 Å². The van der Waals surface area contributed by atoms with Crippen LogP contribution < -0.4 is 10.2 Å². The van der Waals surface area contributed by atoms with Gasteiger partial charge in [0.25, 0.3) is 5.91 Å². The number of rotatable bonds is 7. The first-order valence-corrected chi connectivity index (χ1v) is 11.8. The summed E-state index contributed by atoms with van der Waals surface area (Å²) in [5, 5.41) is 4.32. The van der Waals surface area contributed by atoms with Crippen molar-refractivity contribution in [1.82, 2.24) is 4.31 Å². The first kappa shape index (κ1) is 22.2. The van der Waals surface area contributed by atoms with E-state index in [1.54, 1.807) is 6.08 Å². The number of hydrogen-bond acceptors (Lipinski definition) is 3. The minimum Gasteiger partial charge on any atom is -0.325 e. The van der Waals surface area contributed by atoms with Crippen LogP contribution in [0.5, 0.6) is 0 Å². The second kappa shape index (κ2) is 10.0. The fourth-order valence-electron chi connectivity index (χ4n) is 3.66. The first-order chi connectivity index (χ1) is 14.4. The predicted octanol–water partition coefficient (Wildman–Crippen LogP) is 1.70. The molecule has 0 saturated carbocycles. The van der Waals surface area contributed by atoms with Gasteiger partial charge in [0, 0.05) is 11.1 Å². The molecule has 1 aliphatic rings. The summed E-state index contributed by atoms with van der Waals surface area (Å²) in [5.41, 5.74) is 3.93. The van der Waals surface area contributed by atoms with Crippen molar-refractivity contribution in [2.24, 2.45) is 0 Å². The number of piperazine rings is 1. The van der Waals surface area contributed by atoms with Crippen molar-refractivity contribution in [2.45, 2.75) is 20.3 Å². The van der Waals surface area contributed by atoms with E-state index < -0.39 is 10.0 Å². The number of nitrogens with zero attached hydrogens (tertiary/aromatic N) is 1. The molecule has 0 spiro atoms. The number of quaternary nitrogens is 1. The minimum atomic E-state index is -3.46. The van der Waals surface area contributed by atoms with Gasteiger partial charge in [-0.1, -0.05) is 55.5 Å². The minimum absolute atomic E-state index is 0.0331. The maximum absolute atomic E-state index is 12.6. The van der Waals surface area contributed by atoms with Gasteiger partial charge in [-0.15, -0.1) is 0 Å². The maximum Gasteiger partial charge on any atom is 0.279 e. The summed E-state index contributed by atoms with van der Waals surface area (Å²) in [6.07, 6.45) is 2.48. The Morgan fingerprint density at radius 3 is 2.47 bits per heavy atom. The molecule has 2 aromatic rings. The van der Waals surface area contributed by atoms with Crippen molar-refractivity contribution in [3.63, 3.8) is 0 Å². The van der Waals surface area contributed by atoms with E-state index in [0.29, 0.717) is 32.7 Å². The Hall–Kier alpha value is -2.48. The van der Waals surface area contributed by atoms with Crippen molar-refractivity contribution in [3.05, 3.63) is 70.6 Å². The van der Waals surface area contributed by atoms with Crippen molar-refractivity contribution in [1.29, 1.82) is 0 Å². The molecule has 0 aromatic heterocycles. The van der Waals surface area contributed by atoms with Gasteiger partial charge in [0.1, 0.15) is 0 Å². The molecule has 1 fully saturated rings. The molecule has 160 valence electrons.